The van der Waals surface area contributed by atoms with E-state index in [1.54, 1.807) is 24.3 Å². The van der Waals surface area contributed by atoms with Crippen molar-refractivity contribution >= 4 is 17.5 Å². The van der Waals surface area contributed by atoms with Gasteiger partial charge in [-0.3, -0.25) is 9.59 Å². The molecule has 0 radical (unpaired) electrons. The van der Waals surface area contributed by atoms with Crippen LogP contribution in [-0.4, -0.2) is 31.6 Å². The fraction of sp³-hybridized carbons (Fsp3) is 0.250. The summed E-state index contributed by atoms with van der Waals surface area (Å²) in [6, 6.07) is 8.23. The van der Waals surface area contributed by atoms with Gasteiger partial charge < -0.3 is 9.47 Å². The molecule has 6 nitrogen and oxygen atoms in total. The minimum absolute atomic E-state index is 0.0469. The van der Waals surface area contributed by atoms with Crippen LogP contribution in [0.25, 0.3) is 0 Å². The van der Waals surface area contributed by atoms with Gasteiger partial charge in [-0.2, -0.15) is 5.26 Å². The van der Waals surface area contributed by atoms with Gasteiger partial charge in [0.25, 0.3) is 11.8 Å². The topological polar surface area (TPSA) is 79.6 Å². The Balaban J connectivity index is 2.15. The molecule has 1 aliphatic rings. The molecule has 0 spiro atoms. The molecule has 1 aliphatic heterocycles. The molecule has 18 heavy (non-hydrogen) atoms. The van der Waals surface area contributed by atoms with Crippen molar-refractivity contribution in [3.63, 3.8) is 0 Å². The summed E-state index contributed by atoms with van der Waals surface area (Å²) < 4.78 is 9.90. The van der Waals surface area contributed by atoms with Crippen molar-refractivity contribution in [1.82, 2.24) is 0 Å². The van der Waals surface area contributed by atoms with E-state index in [0.29, 0.717) is 11.4 Å². The minimum Gasteiger partial charge on any atom is -0.479 e. The van der Waals surface area contributed by atoms with Crippen molar-refractivity contribution in [2.75, 3.05) is 24.7 Å². The molecule has 0 N–H and O–H groups in total. The van der Waals surface area contributed by atoms with Crippen LogP contribution in [0, 0.1) is 11.3 Å². The van der Waals surface area contributed by atoms with Crippen LogP contribution in [0.3, 0.4) is 0 Å². The second-order valence-electron chi connectivity index (χ2n) is 3.56. The summed E-state index contributed by atoms with van der Waals surface area (Å²) in [6.45, 7) is -0.244. The largest absolute Gasteiger partial charge is 0.479 e. The minimum atomic E-state index is -0.392. The van der Waals surface area contributed by atoms with Gasteiger partial charge in [-0.1, -0.05) is 0 Å². The monoisotopic (exact) mass is 246 g/mol. The number of hydrogen-bond acceptors (Lipinski definition) is 5. The molecule has 2 amide bonds. The number of nitrogens with zero attached hydrogens (tertiary/aromatic N) is 2. The lowest BCUT2D eigenvalue weighted by Crippen LogP contribution is -2.46. The van der Waals surface area contributed by atoms with Crippen LogP contribution >= 0.6 is 0 Å². The van der Waals surface area contributed by atoms with Gasteiger partial charge in [0.05, 0.1) is 5.69 Å². The van der Waals surface area contributed by atoms with Crippen LogP contribution in [-0.2, 0) is 14.3 Å². The molecular formula is C12H10N2O4. The number of ether oxygens (including phenoxy) is 2. The van der Waals surface area contributed by atoms with Crippen molar-refractivity contribution in [2.45, 2.75) is 0 Å². The Morgan fingerprint density at radius 1 is 1.22 bits per heavy atom. The molecule has 0 atom stereocenters. The zero-order chi connectivity index (χ0) is 13.0. The fourth-order valence-electron chi connectivity index (χ4n) is 1.59. The van der Waals surface area contributed by atoms with Gasteiger partial charge >= 0.3 is 0 Å². The Bertz CT molecular complexity index is 488. The summed E-state index contributed by atoms with van der Waals surface area (Å²) in [5, 5.41) is 8.37. The first kappa shape index (κ1) is 12.1. The normalized spacial score (nSPS) is 15.4. The average Bonchev–Trinajstić information content (AvgIpc) is 2.37. The summed E-state index contributed by atoms with van der Waals surface area (Å²) in [7, 11) is 0. The number of imide groups is 1. The molecule has 6 heteroatoms. The molecule has 1 aromatic carbocycles. The smallest absolute Gasteiger partial charge is 0.259 e. The van der Waals surface area contributed by atoms with Crippen LogP contribution < -0.4 is 9.64 Å². The molecule has 92 valence electrons. The lowest BCUT2D eigenvalue weighted by atomic mass is 10.2. The third-order valence-corrected chi connectivity index (χ3v) is 2.35. The Morgan fingerprint density at radius 2 is 1.83 bits per heavy atom. The first-order valence-electron chi connectivity index (χ1n) is 5.25. The van der Waals surface area contributed by atoms with Gasteiger partial charge in [-0.05, 0) is 24.3 Å². The van der Waals surface area contributed by atoms with E-state index in [9.17, 15) is 9.59 Å². The summed E-state index contributed by atoms with van der Waals surface area (Å²) in [5.74, 6) is -0.276. The number of nitriles is 1. The molecule has 1 heterocycles. The first-order valence-corrected chi connectivity index (χ1v) is 5.25. The number of rotatable bonds is 3. The van der Waals surface area contributed by atoms with E-state index in [-0.39, 0.29) is 19.8 Å². The summed E-state index contributed by atoms with van der Waals surface area (Å²) >= 11 is 0. The maximum Gasteiger partial charge on any atom is 0.259 e. The third-order valence-electron chi connectivity index (χ3n) is 2.35. The van der Waals surface area contributed by atoms with Gasteiger partial charge in [0.1, 0.15) is 25.0 Å². The third kappa shape index (κ3) is 2.47. The molecular weight excluding hydrogens is 236 g/mol. The van der Waals surface area contributed by atoms with Crippen LogP contribution in [0.2, 0.25) is 0 Å². The molecule has 0 aromatic heterocycles. The van der Waals surface area contributed by atoms with E-state index >= 15 is 0 Å². The number of amides is 2. The predicted molar refractivity (Wildman–Crippen MR) is 60.9 cm³/mol. The fourth-order valence-corrected chi connectivity index (χ4v) is 1.59. The van der Waals surface area contributed by atoms with Gasteiger partial charge in [0.15, 0.2) is 6.61 Å². The maximum atomic E-state index is 11.6. The molecule has 1 saturated heterocycles. The predicted octanol–water partition coefficient (Wildman–Crippen LogP) is 0.479. The van der Waals surface area contributed by atoms with Gasteiger partial charge in [-0.15, -0.1) is 0 Å². The van der Waals surface area contributed by atoms with Gasteiger partial charge in [0, 0.05) is 0 Å². The van der Waals surface area contributed by atoms with Gasteiger partial charge in [0.2, 0.25) is 0 Å². The van der Waals surface area contributed by atoms with Crippen LogP contribution in [0.4, 0.5) is 5.69 Å². The number of anilines is 1. The highest BCUT2D eigenvalue weighted by Crippen LogP contribution is 2.21. The summed E-state index contributed by atoms with van der Waals surface area (Å²) in [5.41, 5.74) is 0.470. The summed E-state index contributed by atoms with van der Waals surface area (Å²) in [6.07, 6.45) is 0. The Hall–Kier alpha value is -2.39. The lowest BCUT2D eigenvalue weighted by Gasteiger charge is -2.24. The van der Waals surface area contributed by atoms with E-state index < -0.39 is 11.8 Å². The second kappa shape index (κ2) is 5.29. The number of morpholine rings is 1. The summed E-state index contributed by atoms with van der Waals surface area (Å²) in [4.78, 5) is 24.2. The number of hydrogen-bond donors (Lipinski definition) is 0. The van der Waals surface area contributed by atoms with Crippen molar-refractivity contribution in [3.8, 4) is 11.8 Å². The van der Waals surface area contributed by atoms with E-state index in [2.05, 4.69) is 0 Å². The van der Waals surface area contributed by atoms with E-state index in [0.717, 1.165) is 4.90 Å². The van der Waals surface area contributed by atoms with E-state index in [1.165, 1.54) is 0 Å². The molecule has 2 rings (SSSR count). The van der Waals surface area contributed by atoms with Crippen molar-refractivity contribution in [2.24, 2.45) is 0 Å². The number of benzene rings is 1. The van der Waals surface area contributed by atoms with Gasteiger partial charge in [-0.25, -0.2) is 4.90 Å². The Kier molecular flexibility index (Phi) is 3.55. The van der Waals surface area contributed by atoms with E-state index in [4.69, 9.17) is 14.7 Å². The molecule has 0 saturated carbocycles. The number of carbonyl (C=O) groups is 2. The van der Waals surface area contributed by atoms with Crippen molar-refractivity contribution in [1.29, 1.82) is 5.26 Å². The highest BCUT2D eigenvalue weighted by Gasteiger charge is 2.27. The van der Waals surface area contributed by atoms with Crippen LogP contribution in [0.1, 0.15) is 0 Å². The zero-order valence-electron chi connectivity index (χ0n) is 9.46. The molecule has 1 aromatic rings. The zero-order valence-corrected chi connectivity index (χ0v) is 9.46. The SMILES string of the molecule is N#CCOc1ccc(N2C(=O)COCC2=O)cc1. The highest BCUT2D eigenvalue weighted by molar-refractivity contribution is 6.16. The highest BCUT2D eigenvalue weighted by atomic mass is 16.5. The van der Waals surface area contributed by atoms with Crippen molar-refractivity contribution in [3.05, 3.63) is 24.3 Å². The molecule has 0 unspecified atom stereocenters. The quantitative estimate of drug-likeness (QED) is 0.724. The Labute approximate surface area is 103 Å². The second-order valence-corrected chi connectivity index (χ2v) is 3.56. The molecule has 0 aliphatic carbocycles. The Morgan fingerprint density at radius 3 is 2.39 bits per heavy atom. The number of carbonyl (C=O) groups excluding carboxylic acids is 2. The van der Waals surface area contributed by atoms with Crippen LogP contribution in [0.15, 0.2) is 24.3 Å². The molecule has 0 bridgehead atoms. The molecule has 1 fully saturated rings. The van der Waals surface area contributed by atoms with E-state index in [1.807, 2.05) is 6.07 Å². The maximum absolute atomic E-state index is 11.6. The van der Waals surface area contributed by atoms with Crippen molar-refractivity contribution < 1.29 is 19.1 Å². The average molecular weight is 246 g/mol. The lowest BCUT2D eigenvalue weighted by molar-refractivity contribution is -0.138. The first-order chi connectivity index (χ1) is 8.72. The standard InChI is InChI=1S/C12H10N2O4/c13-5-6-18-10-3-1-9(2-4-10)14-11(15)7-17-8-12(14)16/h1-4H,6-8H2. The van der Waals surface area contributed by atoms with Crippen LogP contribution in [0.5, 0.6) is 5.75 Å².